The van der Waals surface area contributed by atoms with Gasteiger partial charge in [0.05, 0.1) is 34.6 Å². The van der Waals surface area contributed by atoms with Crippen LogP contribution >= 0.6 is 11.3 Å². The van der Waals surface area contributed by atoms with E-state index in [1.54, 1.807) is 35.5 Å². The molecule has 8 nitrogen and oxygen atoms in total. The van der Waals surface area contributed by atoms with Gasteiger partial charge in [-0.1, -0.05) is 13.0 Å². The number of methoxy groups -OCH3 is 1. The fourth-order valence-electron chi connectivity index (χ4n) is 3.64. The van der Waals surface area contributed by atoms with Crippen molar-refractivity contribution in [1.29, 1.82) is 0 Å². The van der Waals surface area contributed by atoms with Crippen molar-refractivity contribution in [3.05, 3.63) is 46.7 Å². The van der Waals surface area contributed by atoms with Gasteiger partial charge in [0.2, 0.25) is 0 Å². The van der Waals surface area contributed by atoms with Crippen LogP contribution < -0.4 is 0 Å². The van der Waals surface area contributed by atoms with Gasteiger partial charge in [0, 0.05) is 39.5 Å². The Balaban J connectivity index is 1.67. The molecule has 30 heavy (non-hydrogen) atoms. The van der Waals surface area contributed by atoms with Crippen LogP contribution in [0.25, 0.3) is 16.5 Å². The Labute approximate surface area is 180 Å². The van der Waals surface area contributed by atoms with Gasteiger partial charge in [-0.2, -0.15) is 9.78 Å². The first kappa shape index (κ1) is 20.6. The van der Waals surface area contributed by atoms with Gasteiger partial charge in [-0.3, -0.25) is 4.79 Å². The van der Waals surface area contributed by atoms with E-state index in [1.807, 2.05) is 29.3 Å². The highest BCUT2D eigenvalue weighted by molar-refractivity contribution is 7.13. The van der Waals surface area contributed by atoms with Crippen molar-refractivity contribution >= 4 is 17.2 Å². The molecule has 3 aromatic rings. The molecule has 1 amide bonds. The van der Waals surface area contributed by atoms with Crippen molar-refractivity contribution < 1.29 is 9.53 Å². The van der Waals surface area contributed by atoms with Crippen LogP contribution in [0.15, 0.2) is 29.9 Å². The second-order valence-corrected chi connectivity index (χ2v) is 8.20. The molecule has 0 bridgehead atoms. The number of ether oxygens (including phenoxy) is 1. The third-order valence-electron chi connectivity index (χ3n) is 5.39. The third-order valence-corrected chi connectivity index (χ3v) is 6.27. The van der Waals surface area contributed by atoms with Crippen molar-refractivity contribution in [3.63, 3.8) is 0 Å². The molecule has 1 aliphatic heterocycles. The summed E-state index contributed by atoms with van der Waals surface area (Å²) < 4.78 is 7.01. The topological polar surface area (TPSA) is 76.4 Å². The smallest absolute Gasteiger partial charge is 0.257 e. The average Bonchev–Trinajstić information content (AvgIpc) is 3.45. The second kappa shape index (κ2) is 9.03. The maximum absolute atomic E-state index is 13.2. The number of rotatable bonds is 6. The first-order chi connectivity index (χ1) is 14.6. The summed E-state index contributed by atoms with van der Waals surface area (Å²) in [5, 5.41) is 6.48. The molecular weight excluding hydrogens is 400 g/mol. The van der Waals surface area contributed by atoms with Gasteiger partial charge in [0.25, 0.3) is 11.9 Å². The van der Waals surface area contributed by atoms with Gasteiger partial charge in [-0.15, -0.1) is 11.3 Å². The van der Waals surface area contributed by atoms with Crippen molar-refractivity contribution in [2.75, 3.05) is 39.8 Å². The SMILES string of the molecule is CCN1CCN(C(=O)c2cnn(-c3ncc(C)c(-c4cccs4)n3)c2COC)CC1. The van der Waals surface area contributed by atoms with E-state index < -0.39 is 0 Å². The Bertz CT molecular complexity index is 1010. The van der Waals surface area contributed by atoms with Gasteiger partial charge in [0.1, 0.15) is 0 Å². The summed E-state index contributed by atoms with van der Waals surface area (Å²) in [4.78, 5) is 27.7. The lowest BCUT2D eigenvalue weighted by atomic mass is 10.2. The van der Waals surface area contributed by atoms with Gasteiger partial charge in [-0.25, -0.2) is 9.97 Å². The average molecular weight is 427 g/mol. The Morgan fingerprint density at radius 3 is 2.70 bits per heavy atom. The molecule has 3 aromatic heterocycles. The van der Waals surface area contributed by atoms with Crippen LogP contribution in [0.1, 0.15) is 28.5 Å². The molecule has 158 valence electrons. The van der Waals surface area contributed by atoms with Crippen LogP contribution in [0.5, 0.6) is 0 Å². The molecule has 0 radical (unpaired) electrons. The summed E-state index contributed by atoms with van der Waals surface area (Å²) >= 11 is 1.63. The van der Waals surface area contributed by atoms with Gasteiger partial charge >= 0.3 is 0 Å². The Kier molecular flexibility index (Phi) is 6.21. The van der Waals surface area contributed by atoms with Crippen molar-refractivity contribution in [2.45, 2.75) is 20.5 Å². The fraction of sp³-hybridized carbons (Fsp3) is 0.429. The lowest BCUT2D eigenvalue weighted by molar-refractivity contribution is 0.0638. The molecule has 1 fully saturated rings. The molecule has 0 N–H and O–H groups in total. The number of carbonyl (C=O) groups is 1. The lowest BCUT2D eigenvalue weighted by Gasteiger charge is -2.34. The van der Waals surface area contributed by atoms with Crippen LogP contribution in [-0.4, -0.2) is 75.3 Å². The molecule has 0 atom stereocenters. The molecule has 0 saturated carbocycles. The van der Waals surface area contributed by atoms with Crippen LogP contribution in [-0.2, 0) is 11.3 Å². The Hall–Kier alpha value is -2.62. The number of likely N-dealkylation sites (N-methyl/N-ethyl adjacent to an activating group) is 1. The molecule has 4 heterocycles. The normalized spacial score (nSPS) is 15.0. The van der Waals surface area contributed by atoms with E-state index in [0.29, 0.717) is 30.3 Å². The van der Waals surface area contributed by atoms with Gasteiger partial charge in [0.15, 0.2) is 0 Å². The minimum Gasteiger partial charge on any atom is -0.378 e. The maximum atomic E-state index is 13.2. The van der Waals surface area contributed by atoms with E-state index in [0.717, 1.165) is 35.8 Å². The van der Waals surface area contributed by atoms with Crippen LogP contribution in [0.2, 0.25) is 0 Å². The Morgan fingerprint density at radius 2 is 2.03 bits per heavy atom. The number of hydrogen-bond donors (Lipinski definition) is 0. The van der Waals surface area contributed by atoms with Gasteiger partial charge in [-0.05, 0) is 30.5 Å². The van der Waals surface area contributed by atoms with Crippen LogP contribution in [0.3, 0.4) is 0 Å². The van der Waals surface area contributed by atoms with E-state index in [1.165, 1.54) is 0 Å². The van der Waals surface area contributed by atoms with Crippen molar-refractivity contribution in [3.8, 4) is 16.5 Å². The zero-order valence-corrected chi connectivity index (χ0v) is 18.4. The van der Waals surface area contributed by atoms with Crippen molar-refractivity contribution in [1.82, 2.24) is 29.5 Å². The predicted octanol–water partition coefficient (Wildman–Crippen LogP) is 2.62. The zero-order valence-electron chi connectivity index (χ0n) is 17.5. The summed E-state index contributed by atoms with van der Waals surface area (Å²) in [6.07, 6.45) is 3.40. The van der Waals surface area contributed by atoms with E-state index in [-0.39, 0.29) is 12.5 Å². The summed E-state index contributed by atoms with van der Waals surface area (Å²) in [5.74, 6) is 0.417. The van der Waals surface area contributed by atoms with E-state index in [9.17, 15) is 4.79 Å². The number of aryl methyl sites for hydroxylation is 1. The summed E-state index contributed by atoms with van der Waals surface area (Å²) in [5.41, 5.74) is 3.08. The number of aromatic nitrogens is 4. The molecule has 1 saturated heterocycles. The molecule has 0 unspecified atom stereocenters. The van der Waals surface area contributed by atoms with Gasteiger partial charge < -0.3 is 14.5 Å². The number of hydrogen-bond acceptors (Lipinski definition) is 7. The minimum atomic E-state index is -0.0188. The first-order valence-corrected chi connectivity index (χ1v) is 11.0. The van der Waals surface area contributed by atoms with Crippen molar-refractivity contribution in [2.24, 2.45) is 0 Å². The van der Waals surface area contributed by atoms with E-state index in [4.69, 9.17) is 9.72 Å². The molecule has 0 spiro atoms. The summed E-state index contributed by atoms with van der Waals surface area (Å²) in [6, 6.07) is 4.04. The highest BCUT2D eigenvalue weighted by Crippen LogP contribution is 2.26. The lowest BCUT2D eigenvalue weighted by Crippen LogP contribution is -2.48. The minimum absolute atomic E-state index is 0.0188. The quantitative estimate of drug-likeness (QED) is 0.603. The number of piperazine rings is 1. The molecule has 0 aliphatic carbocycles. The number of carbonyl (C=O) groups excluding carboxylic acids is 1. The summed E-state index contributed by atoms with van der Waals surface area (Å²) in [7, 11) is 1.61. The maximum Gasteiger partial charge on any atom is 0.257 e. The molecule has 4 rings (SSSR count). The highest BCUT2D eigenvalue weighted by atomic mass is 32.1. The number of nitrogens with zero attached hydrogens (tertiary/aromatic N) is 6. The summed E-state index contributed by atoms with van der Waals surface area (Å²) in [6.45, 7) is 8.60. The predicted molar refractivity (Wildman–Crippen MR) is 116 cm³/mol. The standard InChI is InChI=1S/C21H26N6O2S/c1-4-25-7-9-26(10-8-25)20(28)16-13-23-27(17(16)14-29-3)21-22-12-15(2)19(24-21)18-6-5-11-30-18/h5-6,11-13H,4,7-10,14H2,1-3H3. The monoisotopic (exact) mass is 426 g/mol. The van der Waals surface area contributed by atoms with Crippen LogP contribution in [0, 0.1) is 6.92 Å². The van der Waals surface area contributed by atoms with E-state index in [2.05, 4.69) is 21.9 Å². The largest absolute Gasteiger partial charge is 0.378 e. The fourth-order valence-corrected chi connectivity index (χ4v) is 4.41. The first-order valence-electron chi connectivity index (χ1n) is 10.1. The molecular formula is C21H26N6O2S. The highest BCUT2D eigenvalue weighted by Gasteiger charge is 2.26. The second-order valence-electron chi connectivity index (χ2n) is 7.26. The zero-order chi connectivity index (χ0) is 21.1. The van der Waals surface area contributed by atoms with Crippen LogP contribution in [0.4, 0.5) is 0 Å². The number of amides is 1. The molecule has 0 aromatic carbocycles. The Morgan fingerprint density at radius 1 is 1.23 bits per heavy atom. The third kappa shape index (κ3) is 4.00. The number of thiophene rings is 1. The molecule has 9 heteroatoms. The molecule has 1 aliphatic rings. The van der Waals surface area contributed by atoms with E-state index >= 15 is 0 Å².